The van der Waals surface area contributed by atoms with E-state index in [-0.39, 0.29) is 5.92 Å². The van der Waals surface area contributed by atoms with Crippen LogP contribution in [-0.2, 0) is 16.0 Å². The Bertz CT molecular complexity index is 988. The fraction of sp³-hybridized carbons (Fsp3) is 0.577. The second kappa shape index (κ2) is 10.5. The van der Waals surface area contributed by atoms with E-state index in [1.54, 1.807) is 6.20 Å². The van der Waals surface area contributed by atoms with Crippen LogP contribution in [0.3, 0.4) is 0 Å². The molecule has 0 radical (unpaired) electrons. The Morgan fingerprint density at radius 3 is 2.53 bits per heavy atom. The number of anilines is 3. The number of nitrogens with one attached hydrogen (secondary N) is 1. The molecule has 0 amide bonds. The van der Waals surface area contributed by atoms with Crippen molar-refractivity contribution in [1.29, 1.82) is 0 Å². The first-order chi connectivity index (χ1) is 16.5. The van der Waals surface area contributed by atoms with Gasteiger partial charge in [-0.2, -0.15) is 0 Å². The highest BCUT2D eigenvalue weighted by Crippen LogP contribution is 2.42. The normalized spacial score (nSPS) is 25.2. The summed E-state index contributed by atoms with van der Waals surface area (Å²) in [6.07, 6.45) is 10.5. The zero-order valence-electron chi connectivity index (χ0n) is 19.5. The van der Waals surface area contributed by atoms with Gasteiger partial charge in [0.25, 0.3) is 0 Å². The number of halogens is 1. The summed E-state index contributed by atoms with van der Waals surface area (Å²) in [4.78, 5) is 22.5. The molecule has 1 aliphatic carbocycles. The minimum Gasteiger partial charge on any atom is -0.481 e. The lowest BCUT2D eigenvalue weighted by molar-refractivity contribution is -0.142. The van der Waals surface area contributed by atoms with Crippen molar-refractivity contribution in [3.8, 4) is 0 Å². The van der Waals surface area contributed by atoms with Crippen molar-refractivity contribution in [3.63, 3.8) is 0 Å². The van der Waals surface area contributed by atoms with Gasteiger partial charge in [-0.25, -0.2) is 9.97 Å². The fourth-order valence-corrected chi connectivity index (χ4v) is 5.68. The van der Waals surface area contributed by atoms with Crippen molar-refractivity contribution >= 4 is 34.9 Å². The molecule has 3 heterocycles. The van der Waals surface area contributed by atoms with E-state index in [9.17, 15) is 9.90 Å². The lowest BCUT2D eigenvalue weighted by Gasteiger charge is -2.38. The van der Waals surface area contributed by atoms with Gasteiger partial charge in [0.15, 0.2) is 0 Å². The second-order valence-corrected chi connectivity index (χ2v) is 10.3. The third-order valence-electron chi connectivity index (χ3n) is 7.77. The third-order valence-corrected chi connectivity index (χ3v) is 8.09. The van der Waals surface area contributed by atoms with Gasteiger partial charge >= 0.3 is 5.97 Å². The number of carboxylic acids is 1. The monoisotopic (exact) mass is 484 g/mol. The van der Waals surface area contributed by atoms with Gasteiger partial charge in [0, 0.05) is 31.1 Å². The molecule has 3 unspecified atom stereocenters. The minimum absolute atomic E-state index is 0.223. The summed E-state index contributed by atoms with van der Waals surface area (Å²) in [6.45, 7) is 2.45. The number of rotatable bonds is 8. The number of carbonyl (C=O) groups is 1. The van der Waals surface area contributed by atoms with Crippen LogP contribution in [0.25, 0.3) is 0 Å². The van der Waals surface area contributed by atoms with Crippen LogP contribution in [0.1, 0.15) is 50.6 Å². The van der Waals surface area contributed by atoms with Crippen LogP contribution < -0.4 is 10.2 Å². The molecule has 8 heteroatoms. The van der Waals surface area contributed by atoms with Crippen LogP contribution in [0.15, 0.2) is 30.5 Å². The summed E-state index contributed by atoms with van der Waals surface area (Å²) < 4.78 is 5.84. The zero-order valence-corrected chi connectivity index (χ0v) is 20.2. The van der Waals surface area contributed by atoms with Crippen LogP contribution in [0, 0.1) is 17.8 Å². The molecule has 0 spiro atoms. The summed E-state index contributed by atoms with van der Waals surface area (Å²) >= 11 is 6.46. The molecule has 1 aromatic heterocycles. The molecule has 3 atom stereocenters. The largest absolute Gasteiger partial charge is 0.481 e. The molecular formula is C26H33ClN4O3. The smallest absolute Gasteiger partial charge is 0.306 e. The highest BCUT2D eigenvalue weighted by molar-refractivity contribution is 6.31. The lowest BCUT2D eigenvalue weighted by Crippen LogP contribution is -2.36. The van der Waals surface area contributed by atoms with E-state index >= 15 is 0 Å². The number of carboxylic acid groups (broad SMARTS) is 1. The molecule has 1 aromatic carbocycles. The van der Waals surface area contributed by atoms with Crippen molar-refractivity contribution in [2.45, 2.75) is 57.5 Å². The number of aliphatic carboxylic acids is 1. The van der Waals surface area contributed by atoms with Crippen LogP contribution in [0.5, 0.6) is 0 Å². The quantitative estimate of drug-likeness (QED) is 0.524. The SMILES string of the molecule is O=C(O)C1CCN(c2ccc(Nc3ncc(Cl)c(CC4CCC4CC4CCCO4)n3)cc2)CC1. The maximum Gasteiger partial charge on any atom is 0.306 e. The number of nitrogens with zero attached hydrogens (tertiary/aromatic N) is 3. The number of ether oxygens (including phenoxy) is 1. The highest BCUT2D eigenvalue weighted by atomic mass is 35.5. The molecule has 182 valence electrons. The predicted molar refractivity (Wildman–Crippen MR) is 133 cm³/mol. The Hall–Kier alpha value is -2.38. The van der Waals surface area contributed by atoms with Crippen LogP contribution in [-0.4, -0.2) is 46.8 Å². The number of aromatic nitrogens is 2. The number of hydrogen-bond acceptors (Lipinski definition) is 6. The molecule has 0 bridgehead atoms. The average Bonchev–Trinajstić information content (AvgIpc) is 3.36. The minimum atomic E-state index is -0.683. The van der Waals surface area contributed by atoms with Gasteiger partial charge in [-0.3, -0.25) is 4.79 Å². The standard InChI is InChI=1S/C26H33ClN4O3/c27-23-16-28-26(30-24(23)15-19-4-3-18(19)14-22-2-1-13-34-22)29-20-5-7-21(8-6-20)31-11-9-17(10-12-31)25(32)33/h5-8,16-19,22H,1-4,9-15H2,(H,32,33)(H,28,29,30). The molecule has 2 saturated heterocycles. The molecule has 7 nitrogen and oxygen atoms in total. The molecule has 1 saturated carbocycles. The van der Waals surface area contributed by atoms with E-state index in [0.29, 0.717) is 41.8 Å². The number of hydrogen-bond donors (Lipinski definition) is 2. The van der Waals surface area contributed by atoms with E-state index in [0.717, 1.165) is 43.2 Å². The van der Waals surface area contributed by atoms with E-state index in [1.807, 2.05) is 12.1 Å². The summed E-state index contributed by atoms with van der Waals surface area (Å²) in [5, 5.41) is 13.1. The Labute approximate surface area is 205 Å². The number of piperidine rings is 1. The second-order valence-electron chi connectivity index (χ2n) is 9.93. The van der Waals surface area contributed by atoms with E-state index < -0.39 is 5.97 Å². The first kappa shape index (κ1) is 23.4. The molecule has 3 aliphatic rings. The Kier molecular flexibility index (Phi) is 7.21. The molecule has 2 N–H and O–H groups in total. The maximum atomic E-state index is 11.2. The molecule has 2 aromatic rings. The van der Waals surface area contributed by atoms with Gasteiger partial charge in [0.2, 0.25) is 5.95 Å². The molecule has 3 fully saturated rings. The van der Waals surface area contributed by atoms with Gasteiger partial charge in [-0.15, -0.1) is 0 Å². The molecule has 34 heavy (non-hydrogen) atoms. The van der Waals surface area contributed by atoms with Gasteiger partial charge in [0.1, 0.15) is 0 Å². The van der Waals surface area contributed by atoms with Crippen LogP contribution in [0.4, 0.5) is 17.3 Å². The first-order valence-corrected chi connectivity index (χ1v) is 12.9. The third kappa shape index (κ3) is 5.47. The van der Waals surface area contributed by atoms with Crippen LogP contribution in [0.2, 0.25) is 5.02 Å². The van der Waals surface area contributed by atoms with E-state index in [2.05, 4.69) is 27.3 Å². The predicted octanol–water partition coefficient (Wildman–Crippen LogP) is 5.31. The highest BCUT2D eigenvalue weighted by Gasteiger charge is 2.34. The summed E-state index contributed by atoms with van der Waals surface area (Å²) in [5.74, 6) is 0.981. The van der Waals surface area contributed by atoms with Crippen molar-refractivity contribution in [3.05, 3.63) is 41.2 Å². The molecule has 2 aliphatic heterocycles. The average molecular weight is 485 g/mol. The van der Waals surface area contributed by atoms with Crippen molar-refractivity contribution in [2.75, 3.05) is 29.9 Å². The summed E-state index contributed by atoms with van der Waals surface area (Å²) in [5.41, 5.74) is 2.94. The summed E-state index contributed by atoms with van der Waals surface area (Å²) in [7, 11) is 0. The van der Waals surface area contributed by atoms with Crippen molar-refractivity contribution in [2.24, 2.45) is 17.8 Å². The maximum absolute atomic E-state index is 11.2. The topological polar surface area (TPSA) is 87.6 Å². The van der Waals surface area contributed by atoms with Crippen molar-refractivity contribution in [1.82, 2.24) is 9.97 Å². The van der Waals surface area contributed by atoms with Gasteiger partial charge in [-0.05, 0) is 87.5 Å². The van der Waals surface area contributed by atoms with Gasteiger partial charge in [0.05, 0.1) is 28.9 Å². The Morgan fingerprint density at radius 1 is 1.12 bits per heavy atom. The lowest BCUT2D eigenvalue weighted by atomic mass is 9.69. The number of benzene rings is 1. The zero-order chi connectivity index (χ0) is 23.5. The Morgan fingerprint density at radius 2 is 1.88 bits per heavy atom. The van der Waals surface area contributed by atoms with Crippen LogP contribution >= 0.6 is 11.6 Å². The molecular weight excluding hydrogens is 452 g/mol. The first-order valence-electron chi connectivity index (χ1n) is 12.5. The fourth-order valence-electron chi connectivity index (χ4n) is 5.51. The van der Waals surface area contributed by atoms with Gasteiger partial charge in [-0.1, -0.05) is 11.6 Å². The van der Waals surface area contributed by atoms with Crippen molar-refractivity contribution < 1.29 is 14.6 Å². The molecule has 5 rings (SSSR count). The Balaban J connectivity index is 1.17. The summed E-state index contributed by atoms with van der Waals surface area (Å²) in [6, 6.07) is 8.15. The van der Waals surface area contributed by atoms with E-state index in [4.69, 9.17) is 21.3 Å². The van der Waals surface area contributed by atoms with Gasteiger partial charge < -0.3 is 20.1 Å². The van der Waals surface area contributed by atoms with E-state index in [1.165, 1.54) is 32.1 Å².